The van der Waals surface area contributed by atoms with E-state index in [0.717, 1.165) is 28.0 Å². The third kappa shape index (κ3) is 3.82. The molecule has 0 spiro atoms. The van der Waals surface area contributed by atoms with Crippen molar-refractivity contribution < 1.29 is 18.9 Å². The first-order chi connectivity index (χ1) is 12.5. The summed E-state index contributed by atoms with van der Waals surface area (Å²) in [7, 11) is 3.28. The highest BCUT2D eigenvalue weighted by atomic mass is 79.9. The monoisotopic (exact) mass is 424 g/mol. The molecule has 2 aliphatic rings. The molecule has 0 bridgehead atoms. The average Bonchev–Trinajstić information content (AvgIpc) is 2.90. The van der Waals surface area contributed by atoms with E-state index in [2.05, 4.69) is 29.8 Å². The summed E-state index contributed by atoms with van der Waals surface area (Å²) >= 11 is 3.55. The Morgan fingerprint density at radius 1 is 1.08 bits per heavy atom. The molecule has 2 atom stereocenters. The van der Waals surface area contributed by atoms with Gasteiger partial charge in [0.2, 0.25) is 11.8 Å². The van der Waals surface area contributed by atoms with Crippen molar-refractivity contribution in [2.24, 2.45) is 15.9 Å². The van der Waals surface area contributed by atoms with E-state index in [4.69, 9.17) is 28.9 Å². The van der Waals surface area contributed by atoms with Gasteiger partial charge in [0.1, 0.15) is 12.1 Å². The smallest absolute Gasteiger partial charge is 0.209 e. The summed E-state index contributed by atoms with van der Waals surface area (Å²) in [5, 5.41) is 0. The van der Waals surface area contributed by atoms with Crippen molar-refractivity contribution >= 4 is 27.7 Å². The lowest BCUT2D eigenvalue weighted by Crippen LogP contribution is -2.38. The number of halogens is 1. The normalized spacial score (nSPS) is 22.4. The predicted octanol–water partition coefficient (Wildman–Crippen LogP) is 3.65. The van der Waals surface area contributed by atoms with Gasteiger partial charge in [0.05, 0.1) is 31.9 Å². The zero-order valence-corrected chi connectivity index (χ0v) is 17.2. The van der Waals surface area contributed by atoms with E-state index in [-0.39, 0.29) is 18.0 Å². The maximum atomic E-state index is 5.97. The summed E-state index contributed by atoms with van der Waals surface area (Å²) < 4.78 is 23.8. The van der Waals surface area contributed by atoms with E-state index in [1.165, 1.54) is 0 Å². The Bertz CT molecular complexity index is 718. The molecule has 1 aromatic carbocycles. The third-order valence-corrected chi connectivity index (χ3v) is 5.10. The fourth-order valence-electron chi connectivity index (χ4n) is 3.14. The van der Waals surface area contributed by atoms with E-state index in [1.807, 2.05) is 12.1 Å². The standard InChI is InChI=1S/C19H25BrN2O4/c1-11(2)15-19(24-4)21-14(18(22-15)23-3)10-12-6-7-13(20)17-16(12)25-8-5-9-26-17/h6-7,11,14-15H,5,8-10H2,1-4H3/t14-,15+/m0/s1. The molecule has 0 N–H and O–H groups in total. The molecule has 0 amide bonds. The van der Waals surface area contributed by atoms with Crippen LogP contribution in [-0.4, -0.2) is 51.3 Å². The Balaban J connectivity index is 1.93. The van der Waals surface area contributed by atoms with Crippen LogP contribution in [0.4, 0.5) is 0 Å². The molecule has 0 saturated heterocycles. The van der Waals surface area contributed by atoms with Crippen LogP contribution >= 0.6 is 15.9 Å². The highest BCUT2D eigenvalue weighted by Gasteiger charge is 2.32. The fourth-order valence-corrected chi connectivity index (χ4v) is 3.57. The van der Waals surface area contributed by atoms with Crippen molar-refractivity contribution in [1.29, 1.82) is 0 Å². The van der Waals surface area contributed by atoms with Crippen molar-refractivity contribution in [2.45, 2.75) is 38.8 Å². The first kappa shape index (κ1) is 19.0. The van der Waals surface area contributed by atoms with Crippen molar-refractivity contribution in [2.75, 3.05) is 27.4 Å². The fraction of sp³-hybridized carbons (Fsp3) is 0.579. The van der Waals surface area contributed by atoms with Crippen LogP contribution in [0.1, 0.15) is 25.8 Å². The topological polar surface area (TPSA) is 61.6 Å². The van der Waals surface area contributed by atoms with E-state index < -0.39 is 0 Å². The van der Waals surface area contributed by atoms with Gasteiger partial charge in [-0.2, -0.15) is 0 Å². The molecule has 6 nitrogen and oxygen atoms in total. The Kier molecular flexibility index (Phi) is 6.06. The second-order valence-electron chi connectivity index (χ2n) is 6.67. The minimum absolute atomic E-state index is 0.118. The Hall–Kier alpha value is -1.76. The number of aliphatic imine (C=N–C) groups is 2. The number of fused-ring (bicyclic) bond motifs is 1. The van der Waals surface area contributed by atoms with Crippen molar-refractivity contribution in [3.63, 3.8) is 0 Å². The van der Waals surface area contributed by atoms with Gasteiger partial charge >= 0.3 is 0 Å². The molecule has 26 heavy (non-hydrogen) atoms. The zero-order chi connectivity index (χ0) is 18.7. The summed E-state index contributed by atoms with van der Waals surface area (Å²) in [5.74, 6) is 3.07. The van der Waals surface area contributed by atoms with Crippen LogP contribution in [-0.2, 0) is 15.9 Å². The maximum Gasteiger partial charge on any atom is 0.209 e. The van der Waals surface area contributed by atoms with Gasteiger partial charge in [0, 0.05) is 18.4 Å². The summed E-state index contributed by atoms with van der Waals surface area (Å²) in [4.78, 5) is 9.51. The van der Waals surface area contributed by atoms with Gasteiger partial charge in [-0.05, 0) is 27.9 Å². The van der Waals surface area contributed by atoms with Crippen LogP contribution in [0.15, 0.2) is 26.6 Å². The van der Waals surface area contributed by atoms with Gasteiger partial charge in [0.15, 0.2) is 11.5 Å². The molecule has 3 rings (SSSR count). The van der Waals surface area contributed by atoms with Crippen LogP contribution < -0.4 is 9.47 Å². The first-order valence-corrected chi connectivity index (χ1v) is 9.64. The van der Waals surface area contributed by atoms with E-state index in [0.29, 0.717) is 31.4 Å². The Labute approximate surface area is 162 Å². The summed E-state index contributed by atoms with van der Waals surface area (Å²) in [6, 6.07) is 3.64. The molecule has 142 valence electrons. The van der Waals surface area contributed by atoms with Crippen molar-refractivity contribution in [3.05, 3.63) is 22.2 Å². The van der Waals surface area contributed by atoms with E-state index in [1.54, 1.807) is 14.2 Å². The van der Waals surface area contributed by atoms with Crippen LogP contribution in [0.2, 0.25) is 0 Å². The molecule has 0 aliphatic carbocycles. The number of benzene rings is 1. The molecule has 0 saturated carbocycles. The molecular weight excluding hydrogens is 400 g/mol. The molecule has 7 heteroatoms. The molecule has 0 radical (unpaired) electrons. The van der Waals surface area contributed by atoms with Gasteiger partial charge in [-0.25, -0.2) is 9.98 Å². The van der Waals surface area contributed by atoms with E-state index >= 15 is 0 Å². The Morgan fingerprint density at radius 2 is 1.77 bits per heavy atom. The van der Waals surface area contributed by atoms with Gasteiger partial charge < -0.3 is 18.9 Å². The van der Waals surface area contributed by atoms with Gasteiger partial charge in [-0.1, -0.05) is 19.9 Å². The predicted molar refractivity (Wildman–Crippen MR) is 105 cm³/mol. The molecule has 2 heterocycles. The summed E-state index contributed by atoms with van der Waals surface area (Å²) in [6.45, 7) is 5.46. The van der Waals surface area contributed by atoms with Gasteiger partial charge in [-0.3, -0.25) is 0 Å². The van der Waals surface area contributed by atoms with Gasteiger partial charge in [0.25, 0.3) is 0 Å². The second-order valence-corrected chi connectivity index (χ2v) is 7.52. The summed E-state index contributed by atoms with van der Waals surface area (Å²) in [6.07, 6.45) is 1.46. The average molecular weight is 425 g/mol. The minimum atomic E-state index is -0.248. The lowest BCUT2D eigenvalue weighted by molar-refractivity contribution is 0.295. The minimum Gasteiger partial charge on any atom is -0.489 e. The number of hydrogen-bond acceptors (Lipinski definition) is 6. The second kappa shape index (κ2) is 8.29. The number of ether oxygens (including phenoxy) is 4. The molecule has 0 unspecified atom stereocenters. The largest absolute Gasteiger partial charge is 0.489 e. The molecule has 2 aliphatic heterocycles. The van der Waals surface area contributed by atoms with Crippen molar-refractivity contribution in [1.82, 2.24) is 0 Å². The SMILES string of the molecule is COC1=N[C@H](C(C)C)C(OC)=N[C@H]1Cc1ccc(Br)c2c1OCCCO2. The molecule has 0 aromatic heterocycles. The number of methoxy groups -OCH3 is 2. The van der Waals surface area contributed by atoms with Crippen LogP contribution in [0.3, 0.4) is 0 Å². The molecule has 0 fully saturated rings. The third-order valence-electron chi connectivity index (χ3n) is 4.48. The Morgan fingerprint density at radius 3 is 2.42 bits per heavy atom. The number of rotatable bonds is 3. The van der Waals surface area contributed by atoms with Crippen molar-refractivity contribution in [3.8, 4) is 11.5 Å². The maximum absolute atomic E-state index is 5.97. The quantitative estimate of drug-likeness (QED) is 0.742. The highest BCUT2D eigenvalue weighted by Crippen LogP contribution is 2.40. The van der Waals surface area contributed by atoms with E-state index in [9.17, 15) is 0 Å². The van der Waals surface area contributed by atoms with Crippen LogP contribution in [0.25, 0.3) is 0 Å². The van der Waals surface area contributed by atoms with Crippen LogP contribution in [0.5, 0.6) is 11.5 Å². The van der Waals surface area contributed by atoms with Crippen LogP contribution in [0, 0.1) is 5.92 Å². The lowest BCUT2D eigenvalue weighted by Gasteiger charge is -2.27. The summed E-state index contributed by atoms with van der Waals surface area (Å²) in [5.41, 5.74) is 1.02. The number of hydrogen-bond donors (Lipinski definition) is 0. The first-order valence-electron chi connectivity index (χ1n) is 8.85. The highest BCUT2D eigenvalue weighted by molar-refractivity contribution is 9.10. The lowest BCUT2D eigenvalue weighted by atomic mass is 10.00. The molecule has 1 aromatic rings. The van der Waals surface area contributed by atoms with Gasteiger partial charge in [-0.15, -0.1) is 0 Å². The molecular formula is C19H25BrN2O4. The number of nitrogens with zero attached hydrogens (tertiary/aromatic N) is 2. The zero-order valence-electron chi connectivity index (χ0n) is 15.6.